The second-order valence-electron chi connectivity index (χ2n) is 5.34. The molecule has 1 amide bonds. The van der Waals surface area contributed by atoms with Crippen LogP contribution in [-0.4, -0.2) is 5.91 Å². The number of amides is 1. The number of hydrogen-bond donors (Lipinski definition) is 1. The molecule has 2 aromatic rings. The first-order valence-electron chi connectivity index (χ1n) is 7.08. The average Bonchev–Trinajstić information content (AvgIpc) is 2.91. The van der Waals surface area contributed by atoms with E-state index in [-0.39, 0.29) is 11.8 Å². The molecule has 0 aliphatic heterocycles. The van der Waals surface area contributed by atoms with Crippen molar-refractivity contribution in [2.75, 3.05) is 0 Å². The first-order chi connectivity index (χ1) is 9.69. The third-order valence-corrected chi connectivity index (χ3v) is 5.99. The van der Waals surface area contributed by atoms with Gasteiger partial charge in [0.05, 0.1) is 6.54 Å². The Morgan fingerprint density at radius 3 is 2.95 bits per heavy atom. The van der Waals surface area contributed by atoms with Crippen LogP contribution in [0.2, 0.25) is 0 Å². The van der Waals surface area contributed by atoms with Crippen LogP contribution in [0.15, 0.2) is 23.6 Å². The summed E-state index contributed by atoms with van der Waals surface area (Å²) in [5.41, 5.74) is 1.36. The van der Waals surface area contributed by atoms with Crippen molar-refractivity contribution in [2.45, 2.75) is 39.2 Å². The van der Waals surface area contributed by atoms with Gasteiger partial charge < -0.3 is 5.32 Å². The van der Waals surface area contributed by atoms with Crippen LogP contribution in [0.4, 0.5) is 0 Å². The summed E-state index contributed by atoms with van der Waals surface area (Å²) in [7, 11) is 0. The van der Waals surface area contributed by atoms with Crippen molar-refractivity contribution in [1.29, 1.82) is 0 Å². The monoisotopic (exact) mass is 305 g/mol. The Labute approximate surface area is 127 Å². The van der Waals surface area contributed by atoms with E-state index in [1.54, 1.807) is 11.3 Å². The highest BCUT2D eigenvalue weighted by atomic mass is 32.1. The van der Waals surface area contributed by atoms with Gasteiger partial charge in [0.25, 0.3) is 0 Å². The van der Waals surface area contributed by atoms with Gasteiger partial charge in [-0.15, -0.1) is 22.7 Å². The second kappa shape index (κ2) is 5.70. The van der Waals surface area contributed by atoms with Crippen molar-refractivity contribution in [1.82, 2.24) is 5.32 Å². The van der Waals surface area contributed by atoms with Gasteiger partial charge in [0.1, 0.15) is 0 Å². The number of rotatable bonds is 5. The minimum atomic E-state index is 0.193. The highest BCUT2D eigenvalue weighted by Crippen LogP contribution is 2.49. The lowest BCUT2D eigenvalue weighted by molar-refractivity contribution is -0.122. The Bertz CT molecular complexity index is 614. The predicted molar refractivity (Wildman–Crippen MR) is 85.4 cm³/mol. The van der Waals surface area contributed by atoms with Crippen LogP contribution < -0.4 is 5.32 Å². The number of nitrogens with one attached hydrogen (secondary N) is 1. The molecule has 0 unspecified atom stereocenters. The fourth-order valence-electron chi connectivity index (χ4n) is 2.59. The van der Waals surface area contributed by atoms with Crippen molar-refractivity contribution in [3.63, 3.8) is 0 Å². The number of aryl methyl sites for hydroxylation is 2. The molecule has 2 heterocycles. The zero-order chi connectivity index (χ0) is 14.1. The molecule has 2 atom stereocenters. The van der Waals surface area contributed by atoms with E-state index in [9.17, 15) is 4.79 Å². The summed E-state index contributed by atoms with van der Waals surface area (Å²) in [5, 5.41) is 5.21. The molecule has 1 fully saturated rings. The Morgan fingerprint density at radius 1 is 1.40 bits per heavy atom. The molecule has 0 radical (unpaired) electrons. The van der Waals surface area contributed by atoms with Crippen molar-refractivity contribution >= 4 is 28.6 Å². The summed E-state index contributed by atoms with van der Waals surface area (Å²) < 4.78 is 0. The summed E-state index contributed by atoms with van der Waals surface area (Å²) in [6, 6.07) is 6.47. The maximum atomic E-state index is 12.2. The number of carbonyl (C=O) groups is 1. The van der Waals surface area contributed by atoms with E-state index in [4.69, 9.17) is 0 Å². The van der Waals surface area contributed by atoms with Crippen LogP contribution in [-0.2, 0) is 17.8 Å². The van der Waals surface area contributed by atoms with Gasteiger partial charge in [-0.2, -0.15) is 0 Å². The Kier molecular flexibility index (Phi) is 3.94. The lowest BCUT2D eigenvalue weighted by atomic mass is 10.2. The van der Waals surface area contributed by atoms with Crippen molar-refractivity contribution in [2.24, 2.45) is 5.92 Å². The Morgan fingerprint density at radius 2 is 2.25 bits per heavy atom. The lowest BCUT2D eigenvalue weighted by Gasteiger charge is -2.05. The molecule has 1 aliphatic carbocycles. The van der Waals surface area contributed by atoms with Gasteiger partial charge in [-0.25, -0.2) is 0 Å². The molecule has 1 aliphatic rings. The van der Waals surface area contributed by atoms with Crippen molar-refractivity contribution in [3.05, 3.63) is 43.8 Å². The summed E-state index contributed by atoms with van der Waals surface area (Å²) >= 11 is 3.56. The molecule has 0 bridgehead atoms. The second-order valence-corrected chi connectivity index (χ2v) is 7.66. The summed E-state index contributed by atoms with van der Waals surface area (Å²) in [6.07, 6.45) is 2.05. The van der Waals surface area contributed by atoms with Crippen LogP contribution in [0.1, 0.15) is 39.5 Å². The Balaban J connectivity index is 1.54. The molecule has 1 saturated carbocycles. The molecule has 1 N–H and O–H groups in total. The van der Waals surface area contributed by atoms with E-state index >= 15 is 0 Å². The quantitative estimate of drug-likeness (QED) is 0.885. The van der Waals surface area contributed by atoms with Crippen LogP contribution >= 0.6 is 22.7 Å². The summed E-state index contributed by atoms with van der Waals surface area (Å²) in [5.74, 6) is 0.872. The highest BCUT2D eigenvalue weighted by molar-refractivity contribution is 7.12. The molecule has 0 saturated heterocycles. The molecule has 20 heavy (non-hydrogen) atoms. The maximum absolute atomic E-state index is 12.2. The molecular weight excluding hydrogens is 286 g/mol. The SMILES string of the molecule is CCc1ccsc1CNC(=O)[C@H]1C[C@@H]1c1ccc(C)s1. The predicted octanol–water partition coefficient (Wildman–Crippen LogP) is 4.10. The zero-order valence-corrected chi connectivity index (χ0v) is 13.4. The maximum Gasteiger partial charge on any atom is 0.224 e. The van der Waals surface area contributed by atoms with E-state index in [1.807, 2.05) is 11.3 Å². The van der Waals surface area contributed by atoms with Crippen molar-refractivity contribution in [3.8, 4) is 0 Å². The smallest absolute Gasteiger partial charge is 0.224 e. The number of carbonyl (C=O) groups excluding carboxylic acids is 1. The lowest BCUT2D eigenvalue weighted by Crippen LogP contribution is -2.24. The molecule has 4 heteroatoms. The molecule has 106 valence electrons. The van der Waals surface area contributed by atoms with Crippen molar-refractivity contribution < 1.29 is 4.79 Å². The van der Waals surface area contributed by atoms with E-state index in [1.165, 1.54) is 20.2 Å². The molecule has 3 rings (SSSR count). The zero-order valence-electron chi connectivity index (χ0n) is 11.8. The topological polar surface area (TPSA) is 29.1 Å². The van der Waals surface area contributed by atoms with Gasteiger partial charge in [0, 0.05) is 26.5 Å². The number of hydrogen-bond acceptors (Lipinski definition) is 3. The fraction of sp³-hybridized carbons (Fsp3) is 0.438. The average molecular weight is 305 g/mol. The van der Waals surface area contributed by atoms with Crippen LogP contribution in [0.5, 0.6) is 0 Å². The molecule has 2 aromatic heterocycles. The van der Waals surface area contributed by atoms with Crippen LogP contribution in [0, 0.1) is 12.8 Å². The molecule has 2 nitrogen and oxygen atoms in total. The standard InChI is InChI=1S/C16H19NOS2/c1-3-11-6-7-19-15(11)9-17-16(18)13-8-12(13)14-5-4-10(2)20-14/h4-7,12-13H,3,8-9H2,1-2H3,(H,17,18)/t12-,13-/m0/s1. The van der Waals surface area contributed by atoms with Gasteiger partial charge in [-0.1, -0.05) is 6.92 Å². The highest BCUT2D eigenvalue weighted by Gasteiger charge is 2.44. The van der Waals surface area contributed by atoms with Crippen LogP contribution in [0.3, 0.4) is 0 Å². The fourth-order valence-corrected chi connectivity index (χ4v) is 4.56. The third-order valence-electron chi connectivity index (χ3n) is 3.90. The molecule has 0 aromatic carbocycles. The van der Waals surface area contributed by atoms with E-state index < -0.39 is 0 Å². The number of thiophene rings is 2. The van der Waals surface area contributed by atoms with Crippen LogP contribution in [0.25, 0.3) is 0 Å². The van der Waals surface area contributed by atoms with Gasteiger partial charge in [0.15, 0.2) is 0 Å². The molecular formula is C16H19NOS2. The van der Waals surface area contributed by atoms with E-state index in [2.05, 4.69) is 42.7 Å². The molecule has 0 spiro atoms. The first kappa shape index (κ1) is 13.8. The third kappa shape index (κ3) is 2.81. The normalized spacial score (nSPS) is 20.9. The minimum Gasteiger partial charge on any atom is -0.351 e. The minimum absolute atomic E-state index is 0.193. The first-order valence-corrected chi connectivity index (χ1v) is 8.78. The largest absolute Gasteiger partial charge is 0.351 e. The van der Waals surface area contributed by atoms with Gasteiger partial charge in [-0.3, -0.25) is 4.79 Å². The van der Waals surface area contributed by atoms with E-state index in [0.29, 0.717) is 12.5 Å². The van der Waals surface area contributed by atoms with E-state index in [0.717, 1.165) is 12.8 Å². The summed E-state index contributed by atoms with van der Waals surface area (Å²) in [6.45, 7) is 4.96. The van der Waals surface area contributed by atoms with Gasteiger partial charge in [-0.05, 0) is 48.9 Å². The Hall–Kier alpha value is -1.13. The van der Waals surface area contributed by atoms with Gasteiger partial charge in [0.2, 0.25) is 5.91 Å². The summed E-state index contributed by atoms with van der Waals surface area (Å²) in [4.78, 5) is 16.2. The van der Waals surface area contributed by atoms with Gasteiger partial charge >= 0.3 is 0 Å².